The van der Waals surface area contributed by atoms with Crippen molar-refractivity contribution in [2.45, 2.75) is 32.5 Å². The average Bonchev–Trinajstić information content (AvgIpc) is 3.18. The van der Waals surface area contributed by atoms with Gasteiger partial charge >= 0.3 is 5.97 Å². The number of benzene rings is 1. The van der Waals surface area contributed by atoms with Crippen LogP contribution in [0.2, 0.25) is 5.15 Å². The average molecular weight is 573 g/mol. The molecule has 5 rings (SSSR count). The van der Waals surface area contributed by atoms with Gasteiger partial charge in [0.25, 0.3) is 5.56 Å². The highest BCUT2D eigenvalue weighted by Crippen LogP contribution is 2.39. The van der Waals surface area contributed by atoms with E-state index in [4.69, 9.17) is 16.6 Å². The van der Waals surface area contributed by atoms with Crippen LogP contribution in [0, 0.1) is 5.82 Å². The smallest absolute Gasteiger partial charge is 0.356 e. The predicted molar refractivity (Wildman–Crippen MR) is 138 cm³/mol. The van der Waals surface area contributed by atoms with Gasteiger partial charge < -0.3 is 15.3 Å². The van der Waals surface area contributed by atoms with Gasteiger partial charge in [-0.05, 0) is 59.1 Å². The first kappa shape index (κ1) is 24.2. The molecule has 0 radical (unpaired) electrons. The zero-order valence-electron chi connectivity index (χ0n) is 19.2. The van der Waals surface area contributed by atoms with Crippen LogP contribution >= 0.6 is 27.5 Å². The summed E-state index contributed by atoms with van der Waals surface area (Å²) in [5, 5.41) is 12.6. The monoisotopic (exact) mass is 571 g/mol. The lowest BCUT2D eigenvalue weighted by Crippen LogP contribution is -2.27. The third kappa shape index (κ3) is 4.10. The van der Waals surface area contributed by atoms with Crippen LogP contribution in [-0.4, -0.2) is 25.4 Å². The summed E-state index contributed by atoms with van der Waals surface area (Å²) in [6.45, 7) is 4.33. The highest BCUT2D eigenvalue weighted by atomic mass is 79.9. The Kier molecular flexibility index (Phi) is 6.17. The number of aromatic carboxylic acids is 1. The Bertz CT molecular complexity index is 1590. The van der Waals surface area contributed by atoms with E-state index in [2.05, 4.69) is 32.3 Å². The van der Waals surface area contributed by atoms with Gasteiger partial charge in [0.1, 0.15) is 21.1 Å². The molecule has 8 nitrogen and oxygen atoms in total. The number of carboxylic acid groups (broad SMARTS) is 1. The van der Waals surface area contributed by atoms with Crippen molar-refractivity contribution in [2.75, 3.05) is 10.2 Å². The zero-order valence-corrected chi connectivity index (χ0v) is 21.5. The molecule has 0 fully saturated rings. The topological polar surface area (TPSA) is 99.8 Å². The molecule has 0 bridgehead atoms. The van der Waals surface area contributed by atoms with Gasteiger partial charge in [0.05, 0.1) is 17.8 Å². The van der Waals surface area contributed by atoms with E-state index in [-0.39, 0.29) is 32.7 Å². The molecule has 0 amide bonds. The maximum Gasteiger partial charge on any atom is 0.356 e. The number of rotatable bonds is 5. The first-order chi connectivity index (χ1) is 17.2. The fraction of sp³-hybridized carbons (Fsp3) is 0.200. The van der Waals surface area contributed by atoms with Crippen LogP contribution in [0.3, 0.4) is 0 Å². The molecule has 0 saturated heterocycles. The zero-order chi connectivity index (χ0) is 25.7. The molecular formula is C25H20BrClFN5O3. The molecular weight excluding hydrogens is 553 g/mol. The number of hydrogen-bond acceptors (Lipinski definition) is 6. The lowest BCUT2D eigenvalue weighted by Gasteiger charge is -2.25. The van der Waals surface area contributed by atoms with Crippen molar-refractivity contribution >= 4 is 50.7 Å². The summed E-state index contributed by atoms with van der Waals surface area (Å²) in [4.78, 5) is 35.7. The number of nitrogens with one attached hydrogen (secondary N) is 1. The molecule has 1 aliphatic rings. The van der Waals surface area contributed by atoms with Crippen molar-refractivity contribution in [2.24, 2.45) is 0 Å². The number of carbonyl (C=O) groups is 1. The minimum atomic E-state index is -1.26. The van der Waals surface area contributed by atoms with Gasteiger partial charge in [0.15, 0.2) is 11.5 Å². The normalized spacial score (nSPS) is 15.7. The Morgan fingerprint density at radius 3 is 2.75 bits per heavy atom. The molecule has 4 heterocycles. The number of halogens is 3. The van der Waals surface area contributed by atoms with E-state index >= 15 is 0 Å². The third-order valence-corrected chi connectivity index (χ3v) is 7.24. The summed E-state index contributed by atoms with van der Waals surface area (Å²) in [5.74, 6) is -1.45. The first-order valence-electron chi connectivity index (χ1n) is 11.1. The van der Waals surface area contributed by atoms with Crippen LogP contribution in [0.4, 0.5) is 15.9 Å². The second kappa shape index (κ2) is 9.18. The Balaban J connectivity index is 1.62. The van der Waals surface area contributed by atoms with Crippen LogP contribution in [0.15, 0.2) is 57.9 Å². The third-order valence-electron chi connectivity index (χ3n) is 6.33. The number of nitrogens with zero attached hydrogens (tertiary/aromatic N) is 4. The second-order valence-electron chi connectivity index (χ2n) is 8.57. The van der Waals surface area contributed by atoms with Gasteiger partial charge in [-0.1, -0.05) is 35.9 Å². The number of carboxylic acids is 1. The molecule has 11 heteroatoms. The Morgan fingerprint density at radius 1 is 1.28 bits per heavy atom. The summed E-state index contributed by atoms with van der Waals surface area (Å²) < 4.78 is 16.0. The molecule has 36 heavy (non-hydrogen) atoms. The molecule has 2 N–H and O–H groups in total. The van der Waals surface area contributed by atoms with Crippen LogP contribution in [0.5, 0.6) is 0 Å². The highest BCUT2D eigenvalue weighted by molar-refractivity contribution is 9.10. The molecule has 184 valence electrons. The number of hydrogen-bond donors (Lipinski definition) is 2. The Labute approximate surface area is 218 Å². The van der Waals surface area contributed by atoms with Crippen LogP contribution in [0.25, 0.3) is 5.65 Å². The van der Waals surface area contributed by atoms with E-state index in [1.54, 1.807) is 6.92 Å². The van der Waals surface area contributed by atoms with E-state index in [0.29, 0.717) is 17.9 Å². The lowest BCUT2D eigenvalue weighted by molar-refractivity contribution is 0.0691. The molecule has 4 aromatic rings. The fourth-order valence-electron chi connectivity index (χ4n) is 4.57. The van der Waals surface area contributed by atoms with Gasteiger partial charge in [0, 0.05) is 18.3 Å². The van der Waals surface area contributed by atoms with Crippen molar-refractivity contribution < 1.29 is 14.3 Å². The van der Waals surface area contributed by atoms with Gasteiger partial charge in [-0.15, -0.1) is 0 Å². The standard InChI is InChI=1S/C25H20BrClFN5O3/c1-12(29-18-7-8-19(27)30-21(18)25(35)36)17-9-15(28)11-33-22(17)31-23(20(26)24(33)34)32-10-14-5-3-4-6-16(14)13(32)2/h3-9,11-13,29H,10H2,1-2H3,(H,35,36)/t12-,13-/m1/s1. The summed E-state index contributed by atoms with van der Waals surface area (Å²) >= 11 is 9.26. The Morgan fingerprint density at radius 2 is 2.03 bits per heavy atom. The van der Waals surface area contributed by atoms with Crippen LogP contribution in [0.1, 0.15) is 53.1 Å². The molecule has 1 aromatic carbocycles. The van der Waals surface area contributed by atoms with E-state index in [0.717, 1.165) is 21.7 Å². The van der Waals surface area contributed by atoms with E-state index < -0.39 is 23.4 Å². The van der Waals surface area contributed by atoms with Crippen molar-refractivity contribution in [1.29, 1.82) is 0 Å². The van der Waals surface area contributed by atoms with Gasteiger partial charge in [-0.3, -0.25) is 9.20 Å². The lowest BCUT2D eigenvalue weighted by atomic mass is 10.1. The van der Waals surface area contributed by atoms with Crippen LogP contribution in [-0.2, 0) is 6.54 Å². The molecule has 0 saturated carbocycles. The summed E-state index contributed by atoms with van der Waals surface area (Å²) in [5.41, 5.74) is 2.39. The van der Waals surface area contributed by atoms with Crippen LogP contribution < -0.4 is 15.8 Å². The van der Waals surface area contributed by atoms with E-state index in [9.17, 15) is 19.1 Å². The summed E-state index contributed by atoms with van der Waals surface area (Å²) in [6.07, 6.45) is 1.09. The van der Waals surface area contributed by atoms with E-state index in [1.807, 2.05) is 30.0 Å². The van der Waals surface area contributed by atoms with E-state index in [1.165, 1.54) is 18.2 Å². The number of pyridine rings is 2. The van der Waals surface area contributed by atoms with Crippen molar-refractivity contribution in [3.8, 4) is 0 Å². The fourth-order valence-corrected chi connectivity index (χ4v) is 5.22. The molecule has 1 aliphatic heterocycles. The molecule has 0 unspecified atom stereocenters. The maximum atomic E-state index is 14.6. The van der Waals surface area contributed by atoms with Crippen molar-refractivity contribution in [1.82, 2.24) is 14.4 Å². The molecule has 0 aliphatic carbocycles. The predicted octanol–water partition coefficient (Wildman–Crippen LogP) is 5.60. The van der Waals surface area contributed by atoms with Gasteiger partial charge in [-0.25, -0.2) is 19.2 Å². The quantitative estimate of drug-likeness (QED) is 0.301. The molecule has 2 atom stereocenters. The molecule has 0 spiro atoms. The summed E-state index contributed by atoms with van der Waals surface area (Å²) in [7, 11) is 0. The second-order valence-corrected chi connectivity index (χ2v) is 9.75. The minimum absolute atomic E-state index is 0.0236. The SMILES string of the molecule is C[C@@H]1c2ccccc2CN1c1nc2c([C@@H](C)Nc3ccc(Cl)nc3C(=O)O)cc(F)cn2c(=O)c1Br. The highest BCUT2D eigenvalue weighted by Gasteiger charge is 2.30. The van der Waals surface area contributed by atoms with Crippen molar-refractivity contribution in [3.63, 3.8) is 0 Å². The number of fused-ring (bicyclic) bond motifs is 2. The number of anilines is 2. The minimum Gasteiger partial charge on any atom is -0.476 e. The van der Waals surface area contributed by atoms with Crippen molar-refractivity contribution in [3.05, 3.63) is 96.8 Å². The Hall–Kier alpha value is -3.50. The summed E-state index contributed by atoms with van der Waals surface area (Å²) in [6, 6.07) is 11.6. The first-order valence-corrected chi connectivity index (χ1v) is 12.2. The number of aromatic nitrogens is 3. The van der Waals surface area contributed by atoms with Gasteiger partial charge in [-0.2, -0.15) is 0 Å². The largest absolute Gasteiger partial charge is 0.476 e. The van der Waals surface area contributed by atoms with Gasteiger partial charge in [0.2, 0.25) is 0 Å². The molecule has 3 aromatic heterocycles. The maximum absolute atomic E-state index is 14.6.